The molecular formula is C20H24N2O4. The number of esters is 1. The number of carbonyl (C=O) groups is 2. The van der Waals surface area contributed by atoms with E-state index in [0.29, 0.717) is 17.9 Å². The number of amides is 1. The fourth-order valence-electron chi connectivity index (χ4n) is 2.39. The zero-order valence-corrected chi connectivity index (χ0v) is 15.6. The van der Waals surface area contributed by atoms with E-state index in [2.05, 4.69) is 0 Å². The maximum Gasteiger partial charge on any atom is 0.338 e. The zero-order chi connectivity index (χ0) is 19.1. The molecule has 6 heteroatoms. The number of hydrogen-bond donors (Lipinski definition) is 0. The highest BCUT2D eigenvalue weighted by Crippen LogP contribution is 2.19. The molecule has 0 saturated heterocycles. The van der Waals surface area contributed by atoms with Crippen molar-refractivity contribution in [3.05, 3.63) is 59.7 Å². The zero-order valence-electron chi connectivity index (χ0n) is 15.6. The molecule has 0 saturated carbocycles. The SMILES string of the molecule is COc1ccccc1CN(C)C(=O)COC(=O)c1ccc(N(C)C)cc1. The number of rotatable bonds is 7. The van der Waals surface area contributed by atoms with E-state index in [9.17, 15) is 9.59 Å². The summed E-state index contributed by atoms with van der Waals surface area (Å²) in [7, 11) is 7.09. The fourth-order valence-corrected chi connectivity index (χ4v) is 2.39. The molecule has 0 heterocycles. The first-order chi connectivity index (χ1) is 12.4. The lowest BCUT2D eigenvalue weighted by molar-refractivity contribution is -0.133. The highest BCUT2D eigenvalue weighted by molar-refractivity contribution is 5.91. The van der Waals surface area contributed by atoms with Crippen molar-refractivity contribution >= 4 is 17.6 Å². The highest BCUT2D eigenvalue weighted by Gasteiger charge is 2.15. The van der Waals surface area contributed by atoms with E-state index in [1.807, 2.05) is 55.4 Å². The maximum absolute atomic E-state index is 12.2. The Morgan fingerprint density at radius 3 is 2.23 bits per heavy atom. The van der Waals surface area contributed by atoms with Gasteiger partial charge in [0.15, 0.2) is 6.61 Å². The van der Waals surface area contributed by atoms with Crippen LogP contribution in [-0.4, -0.2) is 51.6 Å². The van der Waals surface area contributed by atoms with Gasteiger partial charge in [0.25, 0.3) is 5.91 Å². The van der Waals surface area contributed by atoms with Gasteiger partial charge < -0.3 is 19.3 Å². The first kappa shape index (κ1) is 19.3. The monoisotopic (exact) mass is 356 g/mol. The summed E-state index contributed by atoms with van der Waals surface area (Å²) in [6.45, 7) is 0.0673. The van der Waals surface area contributed by atoms with Gasteiger partial charge in [0.2, 0.25) is 0 Å². The van der Waals surface area contributed by atoms with Crippen LogP contribution >= 0.6 is 0 Å². The lowest BCUT2D eigenvalue weighted by atomic mass is 10.2. The standard InChI is InChI=1S/C20H24N2O4/c1-21(2)17-11-9-15(10-12-17)20(24)26-14-19(23)22(3)13-16-7-5-6-8-18(16)25-4/h5-12H,13-14H2,1-4H3. The summed E-state index contributed by atoms with van der Waals surface area (Å²) < 4.78 is 10.4. The molecule has 6 nitrogen and oxygen atoms in total. The second kappa shape index (κ2) is 8.89. The van der Waals surface area contributed by atoms with Gasteiger partial charge in [0, 0.05) is 38.9 Å². The average molecular weight is 356 g/mol. The Morgan fingerprint density at radius 1 is 0.962 bits per heavy atom. The molecular weight excluding hydrogens is 332 g/mol. The van der Waals surface area contributed by atoms with Crippen LogP contribution in [0.15, 0.2) is 48.5 Å². The number of hydrogen-bond acceptors (Lipinski definition) is 5. The molecule has 0 radical (unpaired) electrons. The number of para-hydroxylation sites is 1. The molecule has 0 spiro atoms. The van der Waals surface area contributed by atoms with Crippen LogP contribution in [0.4, 0.5) is 5.69 Å². The van der Waals surface area contributed by atoms with Gasteiger partial charge in [0.05, 0.1) is 12.7 Å². The molecule has 0 aliphatic rings. The molecule has 0 aliphatic heterocycles. The van der Waals surface area contributed by atoms with E-state index in [0.717, 1.165) is 11.3 Å². The Morgan fingerprint density at radius 2 is 1.62 bits per heavy atom. The van der Waals surface area contributed by atoms with Crippen LogP contribution in [0.2, 0.25) is 0 Å². The van der Waals surface area contributed by atoms with E-state index in [-0.39, 0.29) is 12.5 Å². The van der Waals surface area contributed by atoms with Gasteiger partial charge in [-0.1, -0.05) is 18.2 Å². The van der Waals surface area contributed by atoms with Gasteiger partial charge >= 0.3 is 5.97 Å². The van der Waals surface area contributed by atoms with Gasteiger partial charge in [-0.15, -0.1) is 0 Å². The summed E-state index contributed by atoms with van der Waals surface area (Å²) in [6, 6.07) is 14.5. The number of benzene rings is 2. The summed E-state index contributed by atoms with van der Waals surface area (Å²) in [4.78, 5) is 27.7. The third kappa shape index (κ3) is 4.99. The van der Waals surface area contributed by atoms with Crippen molar-refractivity contribution in [3.8, 4) is 5.75 Å². The molecule has 0 aliphatic carbocycles. The molecule has 138 valence electrons. The molecule has 26 heavy (non-hydrogen) atoms. The van der Waals surface area contributed by atoms with Gasteiger partial charge in [-0.25, -0.2) is 4.79 Å². The highest BCUT2D eigenvalue weighted by atomic mass is 16.5. The lowest BCUT2D eigenvalue weighted by Gasteiger charge is -2.18. The Hall–Kier alpha value is -3.02. The van der Waals surface area contributed by atoms with Gasteiger partial charge in [-0.05, 0) is 30.3 Å². The van der Waals surface area contributed by atoms with Crippen molar-refractivity contribution < 1.29 is 19.1 Å². The fraction of sp³-hybridized carbons (Fsp3) is 0.300. The second-order valence-electron chi connectivity index (χ2n) is 6.08. The first-order valence-electron chi connectivity index (χ1n) is 8.22. The number of nitrogens with zero attached hydrogens (tertiary/aromatic N) is 2. The minimum atomic E-state index is -0.519. The minimum absolute atomic E-state index is 0.283. The summed E-state index contributed by atoms with van der Waals surface area (Å²) in [6.07, 6.45) is 0. The molecule has 2 aromatic rings. The van der Waals surface area contributed by atoms with Crippen LogP contribution in [0.25, 0.3) is 0 Å². The van der Waals surface area contributed by atoms with E-state index < -0.39 is 5.97 Å². The van der Waals surface area contributed by atoms with Crippen LogP contribution in [-0.2, 0) is 16.1 Å². The predicted molar refractivity (Wildman–Crippen MR) is 101 cm³/mol. The second-order valence-corrected chi connectivity index (χ2v) is 6.08. The van der Waals surface area contributed by atoms with Crippen LogP contribution in [0, 0.1) is 0 Å². The van der Waals surface area contributed by atoms with Crippen molar-refractivity contribution in [1.29, 1.82) is 0 Å². The minimum Gasteiger partial charge on any atom is -0.496 e. The normalized spacial score (nSPS) is 10.2. The number of anilines is 1. The van der Waals surface area contributed by atoms with Crippen molar-refractivity contribution in [3.63, 3.8) is 0 Å². The van der Waals surface area contributed by atoms with Crippen molar-refractivity contribution in [2.24, 2.45) is 0 Å². The number of methoxy groups -OCH3 is 1. The third-order valence-electron chi connectivity index (χ3n) is 3.97. The van der Waals surface area contributed by atoms with Gasteiger partial charge in [0.1, 0.15) is 5.75 Å². The Balaban J connectivity index is 1.89. The molecule has 0 atom stereocenters. The predicted octanol–water partition coefficient (Wildman–Crippen LogP) is 2.58. The summed E-state index contributed by atoms with van der Waals surface area (Å²) in [5, 5.41) is 0. The third-order valence-corrected chi connectivity index (χ3v) is 3.97. The number of ether oxygens (including phenoxy) is 2. The molecule has 0 aromatic heterocycles. The van der Waals surface area contributed by atoms with E-state index >= 15 is 0 Å². The van der Waals surface area contributed by atoms with E-state index in [1.54, 1.807) is 26.3 Å². The smallest absolute Gasteiger partial charge is 0.338 e. The summed E-state index contributed by atoms with van der Waals surface area (Å²) in [5.41, 5.74) is 2.28. The molecule has 1 amide bonds. The van der Waals surface area contributed by atoms with Gasteiger partial charge in [-0.3, -0.25) is 4.79 Å². The molecule has 0 fully saturated rings. The molecule has 2 rings (SSSR count). The van der Waals surface area contributed by atoms with Crippen LogP contribution in [0.3, 0.4) is 0 Å². The molecule has 0 bridgehead atoms. The lowest BCUT2D eigenvalue weighted by Crippen LogP contribution is -2.31. The summed E-state index contributed by atoms with van der Waals surface area (Å²) >= 11 is 0. The van der Waals surface area contributed by atoms with Gasteiger partial charge in [-0.2, -0.15) is 0 Å². The maximum atomic E-state index is 12.2. The van der Waals surface area contributed by atoms with E-state index in [1.165, 1.54) is 4.90 Å². The van der Waals surface area contributed by atoms with Crippen LogP contribution in [0.5, 0.6) is 5.75 Å². The average Bonchev–Trinajstić information content (AvgIpc) is 2.66. The Kier molecular flexibility index (Phi) is 6.60. The Bertz CT molecular complexity index is 757. The first-order valence-corrected chi connectivity index (χ1v) is 8.22. The number of carbonyl (C=O) groups excluding carboxylic acids is 2. The molecule has 0 N–H and O–H groups in total. The Labute approximate surface area is 153 Å². The quantitative estimate of drug-likeness (QED) is 0.714. The van der Waals surface area contributed by atoms with E-state index in [4.69, 9.17) is 9.47 Å². The van der Waals surface area contributed by atoms with Crippen LogP contribution < -0.4 is 9.64 Å². The van der Waals surface area contributed by atoms with Crippen LogP contribution in [0.1, 0.15) is 15.9 Å². The molecule has 0 unspecified atom stereocenters. The number of likely N-dealkylation sites (N-methyl/N-ethyl adjacent to an activating group) is 1. The van der Waals surface area contributed by atoms with Crippen molar-refractivity contribution in [2.45, 2.75) is 6.54 Å². The van der Waals surface area contributed by atoms with Crippen molar-refractivity contribution in [1.82, 2.24) is 4.90 Å². The molecule has 2 aromatic carbocycles. The van der Waals surface area contributed by atoms with Crippen molar-refractivity contribution in [2.75, 3.05) is 39.8 Å². The topological polar surface area (TPSA) is 59.1 Å². The summed E-state index contributed by atoms with van der Waals surface area (Å²) in [5.74, 6) is -0.0892. The largest absolute Gasteiger partial charge is 0.496 e.